The van der Waals surface area contributed by atoms with Crippen molar-refractivity contribution in [1.29, 1.82) is 0 Å². The summed E-state index contributed by atoms with van der Waals surface area (Å²) in [5.74, 6) is -1.92. The summed E-state index contributed by atoms with van der Waals surface area (Å²) in [5, 5.41) is 7.33. The van der Waals surface area contributed by atoms with E-state index in [2.05, 4.69) is 15.1 Å². The molecule has 1 fully saturated rings. The number of rotatable bonds is 4. The minimum absolute atomic E-state index is 0.156. The van der Waals surface area contributed by atoms with Crippen LogP contribution in [0.5, 0.6) is 0 Å². The third-order valence-corrected chi connectivity index (χ3v) is 6.05. The molecule has 0 unspecified atom stereocenters. The van der Waals surface area contributed by atoms with Gasteiger partial charge in [-0.3, -0.25) is 24.3 Å². The molecule has 0 radical (unpaired) electrons. The molecule has 186 valence electrons. The van der Waals surface area contributed by atoms with Crippen molar-refractivity contribution in [3.8, 4) is 0 Å². The highest BCUT2D eigenvalue weighted by atomic mass is 19.4. The third kappa shape index (κ3) is 3.95. The largest absolute Gasteiger partial charge is 0.433 e. The van der Waals surface area contributed by atoms with Crippen molar-refractivity contribution in [3.63, 3.8) is 0 Å². The van der Waals surface area contributed by atoms with Gasteiger partial charge in [-0.15, -0.1) is 0 Å². The molecule has 1 saturated heterocycles. The number of carbonyl (C=O) groups is 2. The topological polar surface area (TPSA) is 110 Å². The highest BCUT2D eigenvalue weighted by Crippen LogP contribution is 2.31. The molecule has 9 nitrogen and oxygen atoms in total. The molecule has 36 heavy (non-hydrogen) atoms. The minimum atomic E-state index is -4.62. The summed E-state index contributed by atoms with van der Waals surface area (Å²) in [7, 11) is 1.67. The van der Waals surface area contributed by atoms with E-state index in [4.69, 9.17) is 5.73 Å². The number of fused-ring (bicyclic) bond motifs is 3. The standard InChI is InChI=1S/C23H19F4N7O2/c1-32-20-14-7-13(16(24)8-17(14)31-21(28)15(20)10-30-32)22(36)34(33-6-2-3-19(33)35)11-12-4-5-18(29-9-12)23(25,26)27/h4-5,7-10H,2-3,6,11H2,1H3,(H2,28,31). The van der Waals surface area contributed by atoms with E-state index in [0.29, 0.717) is 22.7 Å². The fourth-order valence-electron chi connectivity index (χ4n) is 4.30. The Labute approximate surface area is 201 Å². The highest BCUT2D eigenvalue weighted by molar-refractivity contribution is 6.10. The predicted molar refractivity (Wildman–Crippen MR) is 120 cm³/mol. The number of hydrazine groups is 1. The van der Waals surface area contributed by atoms with Crippen LogP contribution >= 0.6 is 0 Å². The molecule has 5 rings (SSSR count). The Bertz CT molecular complexity index is 1520. The van der Waals surface area contributed by atoms with Crippen molar-refractivity contribution in [3.05, 3.63) is 59.3 Å². The number of benzene rings is 1. The summed E-state index contributed by atoms with van der Waals surface area (Å²) < 4.78 is 55.4. The number of hydrogen-bond acceptors (Lipinski definition) is 6. The number of halogens is 4. The van der Waals surface area contributed by atoms with E-state index < -0.39 is 23.6 Å². The lowest BCUT2D eigenvalue weighted by Gasteiger charge is -2.32. The van der Waals surface area contributed by atoms with E-state index >= 15 is 4.39 Å². The van der Waals surface area contributed by atoms with E-state index in [0.717, 1.165) is 23.3 Å². The van der Waals surface area contributed by atoms with Gasteiger partial charge in [0.15, 0.2) is 0 Å². The summed E-state index contributed by atoms with van der Waals surface area (Å²) in [5.41, 5.74) is 5.54. The Morgan fingerprint density at radius 3 is 2.61 bits per heavy atom. The molecule has 13 heteroatoms. The molecular weight excluding hydrogens is 482 g/mol. The van der Waals surface area contributed by atoms with Gasteiger partial charge in [-0.2, -0.15) is 18.3 Å². The number of nitrogens with two attached hydrogens (primary N) is 1. The van der Waals surface area contributed by atoms with Gasteiger partial charge in [0, 0.05) is 37.7 Å². The molecule has 2 amide bonds. The average molecular weight is 501 g/mol. The number of pyridine rings is 2. The van der Waals surface area contributed by atoms with Crippen LogP contribution in [0.1, 0.15) is 34.5 Å². The smallest absolute Gasteiger partial charge is 0.383 e. The molecular formula is C23H19F4N7O2. The number of anilines is 1. The van der Waals surface area contributed by atoms with Gasteiger partial charge in [-0.1, -0.05) is 6.07 Å². The van der Waals surface area contributed by atoms with Crippen molar-refractivity contribution in [2.75, 3.05) is 12.3 Å². The Morgan fingerprint density at radius 2 is 1.97 bits per heavy atom. The van der Waals surface area contributed by atoms with Gasteiger partial charge in [-0.25, -0.2) is 14.4 Å². The van der Waals surface area contributed by atoms with Crippen LogP contribution in [0.2, 0.25) is 0 Å². The van der Waals surface area contributed by atoms with Crippen LogP contribution in [0.4, 0.5) is 23.4 Å². The molecule has 1 aliphatic heterocycles. The zero-order valence-corrected chi connectivity index (χ0v) is 18.9. The van der Waals surface area contributed by atoms with Crippen molar-refractivity contribution >= 4 is 39.4 Å². The lowest BCUT2D eigenvalue weighted by molar-refractivity contribution is -0.141. The van der Waals surface area contributed by atoms with Crippen molar-refractivity contribution in [2.24, 2.45) is 7.05 Å². The number of amides is 2. The van der Waals surface area contributed by atoms with Gasteiger partial charge in [0.2, 0.25) is 5.91 Å². The van der Waals surface area contributed by atoms with Gasteiger partial charge < -0.3 is 5.73 Å². The molecule has 3 aromatic heterocycles. The summed E-state index contributed by atoms with van der Waals surface area (Å²) in [6, 6.07) is 4.35. The predicted octanol–water partition coefficient (Wildman–Crippen LogP) is 3.44. The quantitative estimate of drug-likeness (QED) is 0.429. The fraction of sp³-hybridized carbons (Fsp3) is 0.261. The number of nitrogen functional groups attached to an aromatic ring is 1. The first-order valence-corrected chi connectivity index (χ1v) is 10.9. The number of aryl methyl sites for hydroxylation is 1. The summed E-state index contributed by atoms with van der Waals surface area (Å²) >= 11 is 0. The van der Waals surface area contributed by atoms with Gasteiger partial charge in [0.25, 0.3) is 5.91 Å². The van der Waals surface area contributed by atoms with E-state index in [1.807, 2.05) is 0 Å². The Balaban J connectivity index is 1.58. The van der Waals surface area contributed by atoms with Gasteiger partial charge in [0.1, 0.15) is 17.3 Å². The summed E-state index contributed by atoms with van der Waals surface area (Å²) in [6.45, 7) is -0.0772. The fourth-order valence-corrected chi connectivity index (χ4v) is 4.30. The molecule has 0 aliphatic carbocycles. The van der Waals surface area contributed by atoms with E-state index in [9.17, 15) is 22.8 Å². The van der Waals surface area contributed by atoms with Crippen LogP contribution in [-0.2, 0) is 24.6 Å². The van der Waals surface area contributed by atoms with Gasteiger partial charge in [-0.05, 0) is 24.1 Å². The zero-order chi connectivity index (χ0) is 25.8. The first-order chi connectivity index (χ1) is 17.0. The number of alkyl halides is 3. The highest BCUT2D eigenvalue weighted by Gasteiger charge is 2.34. The van der Waals surface area contributed by atoms with E-state index in [1.165, 1.54) is 28.0 Å². The van der Waals surface area contributed by atoms with E-state index in [-0.39, 0.29) is 47.9 Å². The SMILES string of the molecule is Cn1ncc2c(N)nc3cc(F)c(C(=O)N(Cc4ccc(C(F)(F)F)nc4)N4CCCC4=O)cc3c21. The second-order valence-corrected chi connectivity index (χ2v) is 8.41. The number of hydrogen-bond donors (Lipinski definition) is 1. The second-order valence-electron chi connectivity index (χ2n) is 8.41. The van der Waals surface area contributed by atoms with Crippen LogP contribution < -0.4 is 5.73 Å². The lowest BCUT2D eigenvalue weighted by atomic mass is 10.1. The minimum Gasteiger partial charge on any atom is -0.383 e. The Kier molecular flexibility index (Phi) is 5.49. The second kappa shape index (κ2) is 8.43. The maximum absolute atomic E-state index is 15.2. The molecule has 0 saturated carbocycles. The van der Waals surface area contributed by atoms with Crippen molar-refractivity contribution in [2.45, 2.75) is 25.6 Å². The van der Waals surface area contributed by atoms with E-state index in [1.54, 1.807) is 7.05 Å². The first-order valence-electron chi connectivity index (χ1n) is 10.9. The molecule has 2 N–H and O–H groups in total. The van der Waals surface area contributed by atoms with Gasteiger partial charge >= 0.3 is 6.18 Å². The molecule has 0 atom stereocenters. The lowest BCUT2D eigenvalue weighted by Crippen LogP contribution is -2.47. The molecule has 1 aliphatic rings. The van der Waals surface area contributed by atoms with Crippen molar-refractivity contribution < 1.29 is 27.2 Å². The maximum Gasteiger partial charge on any atom is 0.433 e. The number of carbonyl (C=O) groups excluding carboxylic acids is 2. The average Bonchev–Trinajstić information content (AvgIpc) is 3.42. The number of aromatic nitrogens is 4. The maximum atomic E-state index is 15.2. The Hall–Kier alpha value is -4.29. The normalized spacial score (nSPS) is 14.2. The summed E-state index contributed by atoms with van der Waals surface area (Å²) in [6.07, 6.45) is -1.47. The van der Waals surface area contributed by atoms with Crippen LogP contribution in [0.25, 0.3) is 21.8 Å². The molecule has 4 heterocycles. The van der Waals surface area contributed by atoms with Gasteiger partial charge in [0.05, 0.1) is 34.7 Å². The molecule has 0 spiro atoms. The first kappa shape index (κ1) is 23.5. The molecule has 1 aromatic carbocycles. The number of nitrogens with zero attached hydrogens (tertiary/aromatic N) is 6. The third-order valence-electron chi connectivity index (χ3n) is 6.05. The zero-order valence-electron chi connectivity index (χ0n) is 18.9. The molecule has 0 bridgehead atoms. The van der Waals surface area contributed by atoms with Crippen LogP contribution in [0, 0.1) is 5.82 Å². The monoisotopic (exact) mass is 501 g/mol. The summed E-state index contributed by atoms with van der Waals surface area (Å²) in [4.78, 5) is 33.7. The van der Waals surface area contributed by atoms with Crippen LogP contribution in [-0.4, -0.2) is 48.1 Å². The van der Waals surface area contributed by atoms with Crippen molar-refractivity contribution in [1.82, 2.24) is 29.8 Å². The van der Waals surface area contributed by atoms with Crippen LogP contribution in [0.15, 0.2) is 36.7 Å². The molecule has 4 aromatic rings. The van der Waals surface area contributed by atoms with Crippen LogP contribution in [0.3, 0.4) is 0 Å². The Morgan fingerprint density at radius 1 is 1.19 bits per heavy atom.